The maximum atomic E-state index is 5.77. The van der Waals surface area contributed by atoms with Gasteiger partial charge in [0.1, 0.15) is 5.82 Å². The minimum atomic E-state index is 0.480. The highest BCUT2D eigenvalue weighted by Crippen LogP contribution is 2.22. The summed E-state index contributed by atoms with van der Waals surface area (Å²) in [6.07, 6.45) is 3.44. The van der Waals surface area contributed by atoms with E-state index in [0.29, 0.717) is 18.3 Å². The van der Waals surface area contributed by atoms with Crippen LogP contribution in [0.5, 0.6) is 5.88 Å². The summed E-state index contributed by atoms with van der Waals surface area (Å²) in [7, 11) is 0. The smallest absolute Gasteiger partial charge is 0.215 e. The van der Waals surface area contributed by atoms with Crippen molar-refractivity contribution in [3.8, 4) is 5.88 Å². The molecule has 0 radical (unpaired) electrons. The van der Waals surface area contributed by atoms with Crippen LogP contribution in [-0.4, -0.2) is 16.6 Å². The second-order valence-electron chi connectivity index (χ2n) is 2.88. The molecule has 0 unspecified atom stereocenters. The molecule has 0 aliphatic carbocycles. The average molecular weight is 189 g/mol. The minimum Gasteiger partial charge on any atom is -0.478 e. The zero-order valence-electron chi connectivity index (χ0n) is 7.90. The van der Waals surface area contributed by atoms with Crippen LogP contribution in [0.15, 0.2) is 24.5 Å². The van der Waals surface area contributed by atoms with E-state index in [4.69, 9.17) is 10.5 Å². The fraction of sp³-hybridized carbons (Fsp3) is 0.200. The second kappa shape index (κ2) is 3.49. The molecule has 14 heavy (non-hydrogen) atoms. The molecule has 0 saturated heterocycles. The fourth-order valence-corrected chi connectivity index (χ4v) is 1.32. The van der Waals surface area contributed by atoms with Crippen LogP contribution in [0.4, 0.5) is 5.82 Å². The Bertz CT molecular complexity index is 456. The molecule has 2 aromatic rings. The van der Waals surface area contributed by atoms with Gasteiger partial charge in [0.15, 0.2) is 0 Å². The highest BCUT2D eigenvalue weighted by atomic mass is 16.5. The number of nitrogens with two attached hydrogens (primary N) is 1. The van der Waals surface area contributed by atoms with E-state index in [2.05, 4.69) is 9.97 Å². The molecule has 4 heteroatoms. The third-order valence-electron chi connectivity index (χ3n) is 1.93. The van der Waals surface area contributed by atoms with Gasteiger partial charge in [-0.25, -0.2) is 0 Å². The van der Waals surface area contributed by atoms with Gasteiger partial charge in [0.2, 0.25) is 5.88 Å². The Morgan fingerprint density at radius 1 is 1.50 bits per heavy atom. The van der Waals surface area contributed by atoms with Crippen molar-refractivity contribution in [3.05, 3.63) is 24.5 Å². The lowest BCUT2D eigenvalue weighted by atomic mass is 10.2. The topological polar surface area (TPSA) is 61.0 Å². The molecule has 0 aromatic carbocycles. The van der Waals surface area contributed by atoms with Gasteiger partial charge in [0, 0.05) is 29.2 Å². The van der Waals surface area contributed by atoms with Crippen LogP contribution in [0.2, 0.25) is 0 Å². The van der Waals surface area contributed by atoms with Crippen molar-refractivity contribution >= 4 is 16.6 Å². The van der Waals surface area contributed by atoms with Crippen LogP contribution in [0.25, 0.3) is 10.8 Å². The number of ether oxygens (including phenoxy) is 1. The molecule has 2 rings (SSSR count). The lowest BCUT2D eigenvalue weighted by Gasteiger charge is -2.05. The van der Waals surface area contributed by atoms with Crippen molar-refractivity contribution in [2.24, 2.45) is 0 Å². The standard InChI is InChI=1S/C10H11N3O/c1-2-14-9-5-7-6-12-4-3-8(7)10(11)13-9/h3-6H,2H2,1H3,(H2,11,13). The minimum absolute atomic E-state index is 0.480. The Kier molecular flexibility index (Phi) is 2.18. The van der Waals surface area contributed by atoms with Gasteiger partial charge in [-0.3, -0.25) is 4.98 Å². The molecule has 0 amide bonds. The third-order valence-corrected chi connectivity index (χ3v) is 1.93. The normalized spacial score (nSPS) is 10.4. The molecule has 0 aliphatic rings. The monoisotopic (exact) mass is 189 g/mol. The van der Waals surface area contributed by atoms with E-state index in [0.717, 1.165) is 10.8 Å². The molecule has 4 nitrogen and oxygen atoms in total. The summed E-state index contributed by atoms with van der Waals surface area (Å²) >= 11 is 0. The number of nitrogens with zero attached hydrogens (tertiary/aromatic N) is 2. The fourth-order valence-electron chi connectivity index (χ4n) is 1.32. The van der Waals surface area contributed by atoms with Crippen LogP contribution < -0.4 is 10.5 Å². The maximum Gasteiger partial charge on any atom is 0.215 e. The Labute approximate surface area is 81.7 Å². The van der Waals surface area contributed by atoms with E-state index in [-0.39, 0.29) is 0 Å². The predicted molar refractivity (Wildman–Crippen MR) is 55.1 cm³/mol. The highest BCUT2D eigenvalue weighted by molar-refractivity contribution is 5.90. The van der Waals surface area contributed by atoms with E-state index in [1.807, 2.05) is 19.1 Å². The number of nitrogen functional groups attached to an aromatic ring is 1. The zero-order valence-corrected chi connectivity index (χ0v) is 7.90. The molecule has 0 atom stereocenters. The molecule has 0 fully saturated rings. The first-order valence-electron chi connectivity index (χ1n) is 4.44. The molecule has 0 aliphatic heterocycles. The van der Waals surface area contributed by atoms with E-state index < -0.39 is 0 Å². The van der Waals surface area contributed by atoms with Crippen LogP contribution >= 0.6 is 0 Å². The maximum absolute atomic E-state index is 5.77. The summed E-state index contributed by atoms with van der Waals surface area (Å²) in [6, 6.07) is 3.68. The van der Waals surface area contributed by atoms with Crippen molar-refractivity contribution in [2.45, 2.75) is 6.92 Å². The lowest BCUT2D eigenvalue weighted by molar-refractivity contribution is 0.328. The van der Waals surface area contributed by atoms with Crippen molar-refractivity contribution in [3.63, 3.8) is 0 Å². The SMILES string of the molecule is CCOc1cc2cnccc2c(N)n1. The third kappa shape index (κ3) is 1.46. The van der Waals surface area contributed by atoms with Crippen LogP contribution in [0.1, 0.15) is 6.92 Å². The van der Waals surface area contributed by atoms with Crippen molar-refractivity contribution in [1.82, 2.24) is 9.97 Å². The van der Waals surface area contributed by atoms with Gasteiger partial charge in [-0.1, -0.05) is 0 Å². The summed E-state index contributed by atoms with van der Waals surface area (Å²) in [5.74, 6) is 1.03. The van der Waals surface area contributed by atoms with Crippen molar-refractivity contribution < 1.29 is 4.74 Å². The Morgan fingerprint density at radius 2 is 2.36 bits per heavy atom. The van der Waals surface area contributed by atoms with Gasteiger partial charge in [-0.05, 0) is 13.0 Å². The van der Waals surface area contributed by atoms with E-state index in [1.165, 1.54) is 0 Å². The predicted octanol–water partition coefficient (Wildman–Crippen LogP) is 1.61. The van der Waals surface area contributed by atoms with Gasteiger partial charge >= 0.3 is 0 Å². The number of hydrogen-bond donors (Lipinski definition) is 1. The molecule has 0 saturated carbocycles. The molecule has 0 bridgehead atoms. The number of pyridine rings is 2. The number of aromatic nitrogens is 2. The van der Waals surface area contributed by atoms with Crippen LogP contribution in [0.3, 0.4) is 0 Å². The van der Waals surface area contributed by atoms with Gasteiger partial charge in [-0.15, -0.1) is 0 Å². The Hall–Kier alpha value is -1.84. The first-order valence-corrected chi connectivity index (χ1v) is 4.44. The highest BCUT2D eigenvalue weighted by Gasteiger charge is 2.02. The quantitative estimate of drug-likeness (QED) is 0.779. The number of rotatable bonds is 2. The zero-order chi connectivity index (χ0) is 9.97. The second-order valence-corrected chi connectivity index (χ2v) is 2.88. The van der Waals surface area contributed by atoms with Crippen molar-refractivity contribution in [1.29, 1.82) is 0 Å². The van der Waals surface area contributed by atoms with Crippen LogP contribution in [0, 0.1) is 0 Å². The van der Waals surface area contributed by atoms with Crippen molar-refractivity contribution in [2.75, 3.05) is 12.3 Å². The van der Waals surface area contributed by atoms with Gasteiger partial charge in [-0.2, -0.15) is 4.98 Å². The van der Waals surface area contributed by atoms with Gasteiger partial charge < -0.3 is 10.5 Å². The van der Waals surface area contributed by atoms with Gasteiger partial charge in [0.05, 0.1) is 6.61 Å². The molecular weight excluding hydrogens is 178 g/mol. The molecule has 2 N–H and O–H groups in total. The first-order chi connectivity index (χ1) is 6.81. The molecular formula is C10H11N3O. The van der Waals surface area contributed by atoms with Gasteiger partial charge in [0.25, 0.3) is 0 Å². The summed E-state index contributed by atoms with van der Waals surface area (Å²) in [4.78, 5) is 8.14. The molecule has 2 heterocycles. The van der Waals surface area contributed by atoms with E-state index >= 15 is 0 Å². The summed E-state index contributed by atoms with van der Waals surface area (Å²) in [6.45, 7) is 2.49. The Balaban J connectivity index is 2.60. The van der Waals surface area contributed by atoms with E-state index in [1.54, 1.807) is 12.4 Å². The average Bonchev–Trinajstić information content (AvgIpc) is 2.18. The molecule has 72 valence electrons. The lowest BCUT2D eigenvalue weighted by Crippen LogP contribution is -1.98. The molecule has 2 aromatic heterocycles. The number of fused-ring (bicyclic) bond motifs is 1. The van der Waals surface area contributed by atoms with E-state index in [9.17, 15) is 0 Å². The number of anilines is 1. The largest absolute Gasteiger partial charge is 0.478 e. The summed E-state index contributed by atoms with van der Waals surface area (Å²) < 4.78 is 5.28. The van der Waals surface area contributed by atoms with Crippen LogP contribution in [-0.2, 0) is 0 Å². The molecule has 0 spiro atoms. The number of hydrogen-bond acceptors (Lipinski definition) is 4. The first kappa shape index (κ1) is 8.74. The Morgan fingerprint density at radius 3 is 3.14 bits per heavy atom. The summed E-state index contributed by atoms with van der Waals surface area (Å²) in [5, 5.41) is 1.85. The summed E-state index contributed by atoms with van der Waals surface area (Å²) in [5.41, 5.74) is 5.77.